The zero-order chi connectivity index (χ0) is 16.6. The summed E-state index contributed by atoms with van der Waals surface area (Å²) in [6.45, 7) is 2.52. The van der Waals surface area contributed by atoms with E-state index in [2.05, 4.69) is 0 Å². The molecule has 0 fully saturated rings. The molecular weight excluding hydrogens is 318 g/mol. The van der Waals surface area contributed by atoms with Crippen molar-refractivity contribution in [2.24, 2.45) is 5.92 Å². The third-order valence-electron chi connectivity index (χ3n) is 4.13. The number of para-hydroxylation sites is 1. The lowest BCUT2D eigenvalue weighted by Gasteiger charge is -2.39. The minimum Gasteiger partial charge on any atom is -0.493 e. The van der Waals surface area contributed by atoms with Gasteiger partial charge in [0.15, 0.2) is 0 Å². The molecule has 0 aliphatic carbocycles. The highest BCUT2D eigenvalue weighted by Crippen LogP contribution is 2.42. The molecule has 0 aromatic heterocycles. The van der Waals surface area contributed by atoms with Crippen molar-refractivity contribution in [3.8, 4) is 5.75 Å². The quantitative estimate of drug-likeness (QED) is 0.782. The molecule has 2 aliphatic heterocycles. The standard InChI is InChI=1S/C16H19NO5S/c1-3-21-16(18)14-8-13-11(9-17(14)23(2,19)20)10-22-15-7-5-4-6-12(13)15/h4-8,11,13H,3,9-10H2,1-2H3/t11-,13-/m0/s1. The van der Waals surface area contributed by atoms with Crippen molar-refractivity contribution in [2.75, 3.05) is 26.0 Å². The van der Waals surface area contributed by atoms with Gasteiger partial charge in [0.2, 0.25) is 10.0 Å². The fourth-order valence-corrected chi connectivity index (χ4v) is 4.04. The SMILES string of the molecule is CCOC(=O)C1=C[C@@H]2c3ccccc3OC[C@@H]2CN1S(C)(=O)=O. The van der Waals surface area contributed by atoms with Crippen molar-refractivity contribution in [3.63, 3.8) is 0 Å². The summed E-state index contributed by atoms with van der Waals surface area (Å²) in [6.07, 6.45) is 2.80. The van der Waals surface area contributed by atoms with E-state index in [0.717, 1.165) is 21.9 Å². The highest BCUT2D eigenvalue weighted by Gasteiger charge is 2.40. The first-order chi connectivity index (χ1) is 10.9. The van der Waals surface area contributed by atoms with Crippen LogP contribution >= 0.6 is 0 Å². The highest BCUT2D eigenvalue weighted by molar-refractivity contribution is 7.88. The zero-order valence-corrected chi connectivity index (χ0v) is 13.9. The van der Waals surface area contributed by atoms with Crippen LogP contribution in [0.5, 0.6) is 5.75 Å². The van der Waals surface area contributed by atoms with E-state index < -0.39 is 16.0 Å². The second kappa shape index (κ2) is 5.88. The molecule has 2 atom stereocenters. The number of hydrogen-bond acceptors (Lipinski definition) is 5. The molecular formula is C16H19NO5S. The Labute approximate surface area is 135 Å². The molecule has 0 saturated carbocycles. The molecule has 6 nitrogen and oxygen atoms in total. The molecule has 3 rings (SSSR count). The molecule has 124 valence electrons. The third-order valence-corrected chi connectivity index (χ3v) is 5.28. The monoisotopic (exact) mass is 337 g/mol. The van der Waals surface area contributed by atoms with E-state index in [-0.39, 0.29) is 30.7 Å². The van der Waals surface area contributed by atoms with E-state index in [1.807, 2.05) is 24.3 Å². The van der Waals surface area contributed by atoms with Gasteiger partial charge in [0.1, 0.15) is 11.4 Å². The summed E-state index contributed by atoms with van der Waals surface area (Å²) in [5, 5.41) is 0. The Morgan fingerprint density at radius 1 is 1.39 bits per heavy atom. The number of rotatable bonds is 3. The number of esters is 1. The Hall–Kier alpha value is -2.02. The Balaban J connectivity index is 2.07. The van der Waals surface area contributed by atoms with Gasteiger partial charge < -0.3 is 9.47 Å². The molecule has 0 spiro atoms. The van der Waals surface area contributed by atoms with Gasteiger partial charge in [0, 0.05) is 23.9 Å². The lowest BCUT2D eigenvalue weighted by Crippen LogP contribution is -2.45. The maximum atomic E-state index is 12.2. The fraction of sp³-hybridized carbons (Fsp3) is 0.438. The average molecular weight is 337 g/mol. The lowest BCUT2D eigenvalue weighted by molar-refractivity contribution is -0.140. The largest absolute Gasteiger partial charge is 0.493 e. The third kappa shape index (κ3) is 2.93. The number of carbonyl (C=O) groups excluding carboxylic acids is 1. The normalized spacial score (nSPS) is 23.2. The van der Waals surface area contributed by atoms with Gasteiger partial charge in [-0.1, -0.05) is 18.2 Å². The first kappa shape index (κ1) is 15.9. The van der Waals surface area contributed by atoms with Gasteiger partial charge in [-0.15, -0.1) is 0 Å². The van der Waals surface area contributed by atoms with Crippen molar-refractivity contribution in [1.82, 2.24) is 4.31 Å². The van der Waals surface area contributed by atoms with Crippen LogP contribution in [0.1, 0.15) is 18.4 Å². The van der Waals surface area contributed by atoms with E-state index >= 15 is 0 Å². The first-order valence-corrected chi connectivity index (χ1v) is 9.35. The minimum absolute atomic E-state index is 0.0298. The predicted octanol–water partition coefficient (Wildman–Crippen LogP) is 1.50. The molecule has 0 radical (unpaired) electrons. The van der Waals surface area contributed by atoms with Crippen LogP contribution in [0, 0.1) is 5.92 Å². The van der Waals surface area contributed by atoms with Gasteiger partial charge in [-0.05, 0) is 19.1 Å². The van der Waals surface area contributed by atoms with E-state index in [0.29, 0.717) is 6.61 Å². The van der Waals surface area contributed by atoms with Crippen LogP contribution in [0.25, 0.3) is 0 Å². The van der Waals surface area contributed by atoms with Crippen LogP contribution < -0.4 is 4.74 Å². The van der Waals surface area contributed by atoms with Gasteiger partial charge in [0.05, 0.1) is 19.5 Å². The van der Waals surface area contributed by atoms with Gasteiger partial charge >= 0.3 is 5.97 Å². The van der Waals surface area contributed by atoms with E-state index in [1.54, 1.807) is 13.0 Å². The maximum absolute atomic E-state index is 12.2. The fourth-order valence-electron chi connectivity index (χ4n) is 3.09. The number of nitrogens with zero attached hydrogens (tertiary/aromatic N) is 1. The van der Waals surface area contributed by atoms with Crippen LogP contribution in [-0.2, 0) is 19.6 Å². The summed E-state index contributed by atoms with van der Waals surface area (Å²) in [5.74, 6) is 0.0801. The van der Waals surface area contributed by atoms with E-state index in [1.165, 1.54) is 0 Å². The molecule has 1 aromatic rings. The molecule has 0 saturated heterocycles. The summed E-state index contributed by atoms with van der Waals surface area (Å²) in [5.41, 5.74) is 1.06. The predicted molar refractivity (Wildman–Crippen MR) is 84.4 cm³/mol. The Bertz CT molecular complexity index is 755. The van der Waals surface area contributed by atoms with Crippen molar-refractivity contribution >= 4 is 16.0 Å². The second-order valence-electron chi connectivity index (χ2n) is 5.70. The minimum atomic E-state index is -3.56. The topological polar surface area (TPSA) is 72.9 Å². The Morgan fingerprint density at radius 2 is 2.13 bits per heavy atom. The first-order valence-electron chi connectivity index (χ1n) is 7.50. The second-order valence-corrected chi connectivity index (χ2v) is 7.61. The molecule has 2 heterocycles. The molecule has 7 heteroatoms. The van der Waals surface area contributed by atoms with Gasteiger partial charge in [-0.2, -0.15) is 0 Å². The number of sulfonamides is 1. The summed E-state index contributed by atoms with van der Waals surface area (Å²) in [7, 11) is -3.56. The number of fused-ring (bicyclic) bond motifs is 3. The molecule has 0 amide bonds. The summed E-state index contributed by atoms with van der Waals surface area (Å²) in [4.78, 5) is 12.2. The summed E-state index contributed by atoms with van der Waals surface area (Å²) in [6, 6.07) is 7.63. The average Bonchev–Trinajstić information content (AvgIpc) is 2.53. The Kier molecular flexibility index (Phi) is 4.06. The number of carbonyl (C=O) groups is 1. The molecule has 23 heavy (non-hydrogen) atoms. The van der Waals surface area contributed by atoms with Crippen LogP contribution in [0.4, 0.5) is 0 Å². The van der Waals surface area contributed by atoms with Crippen molar-refractivity contribution in [3.05, 3.63) is 41.6 Å². The summed E-state index contributed by atoms with van der Waals surface area (Å²) < 4.78 is 36.0. The molecule has 0 unspecified atom stereocenters. The zero-order valence-electron chi connectivity index (χ0n) is 13.1. The molecule has 0 N–H and O–H groups in total. The molecule has 2 aliphatic rings. The van der Waals surface area contributed by atoms with Gasteiger partial charge in [0.25, 0.3) is 0 Å². The Morgan fingerprint density at radius 3 is 2.83 bits per heavy atom. The van der Waals surface area contributed by atoms with Crippen LogP contribution in [0.2, 0.25) is 0 Å². The molecule has 1 aromatic carbocycles. The number of ether oxygens (including phenoxy) is 2. The number of allylic oxidation sites excluding steroid dienone is 1. The van der Waals surface area contributed by atoms with Crippen molar-refractivity contribution < 1.29 is 22.7 Å². The maximum Gasteiger partial charge on any atom is 0.355 e. The van der Waals surface area contributed by atoms with Crippen LogP contribution in [0.3, 0.4) is 0 Å². The van der Waals surface area contributed by atoms with E-state index in [4.69, 9.17) is 9.47 Å². The number of benzene rings is 1. The number of hydrogen-bond donors (Lipinski definition) is 0. The van der Waals surface area contributed by atoms with E-state index in [9.17, 15) is 13.2 Å². The van der Waals surface area contributed by atoms with Crippen molar-refractivity contribution in [1.29, 1.82) is 0 Å². The van der Waals surface area contributed by atoms with Gasteiger partial charge in [-0.25, -0.2) is 13.2 Å². The van der Waals surface area contributed by atoms with Crippen molar-refractivity contribution in [2.45, 2.75) is 12.8 Å². The van der Waals surface area contributed by atoms with Gasteiger partial charge in [-0.3, -0.25) is 4.31 Å². The van der Waals surface area contributed by atoms with Crippen LogP contribution in [-0.4, -0.2) is 44.7 Å². The highest BCUT2D eigenvalue weighted by atomic mass is 32.2. The molecule has 0 bridgehead atoms. The smallest absolute Gasteiger partial charge is 0.355 e. The lowest BCUT2D eigenvalue weighted by atomic mass is 9.81. The summed E-state index contributed by atoms with van der Waals surface area (Å²) >= 11 is 0. The van der Waals surface area contributed by atoms with Crippen LogP contribution in [0.15, 0.2) is 36.0 Å².